The van der Waals surface area contributed by atoms with Gasteiger partial charge in [-0.15, -0.1) is 0 Å². The number of nitrogens with two attached hydrogens (primary N) is 1. The minimum atomic E-state index is -0.0192. The Balaban J connectivity index is 2.10. The Kier molecular flexibility index (Phi) is 3.43. The second-order valence-corrected chi connectivity index (χ2v) is 5.70. The Morgan fingerprint density at radius 2 is 2.33 bits per heavy atom. The second-order valence-electron chi connectivity index (χ2n) is 5.70. The van der Waals surface area contributed by atoms with Gasteiger partial charge in [0.25, 0.3) is 5.91 Å². The molecule has 2 rings (SSSR count). The fourth-order valence-corrected chi connectivity index (χ4v) is 2.38. The molecule has 1 aromatic heterocycles. The summed E-state index contributed by atoms with van der Waals surface area (Å²) < 4.78 is 1.77. The first-order chi connectivity index (χ1) is 8.44. The molecule has 0 aliphatic carbocycles. The Bertz CT molecular complexity index is 438. The maximum atomic E-state index is 12.4. The van der Waals surface area contributed by atoms with Gasteiger partial charge in [0.2, 0.25) is 0 Å². The standard InChI is InChI=1S/C13H22N4O/c1-4-17-8-10(7-15-17)12(18)16-6-5-11(14)13(2,3)9-16/h7-8,11H,4-6,9,14H2,1-3H3. The van der Waals surface area contributed by atoms with Crippen molar-refractivity contribution in [3.63, 3.8) is 0 Å². The number of aryl methyl sites for hydroxylation is 1. The third-order valence-electron chi connectivity index (χ3n) is 3.80. The van der Waals surface area contributed by atoms with E-state index in [0.29, 0.717) is 12.1 Å². The molecule has 0 spiro atoms. The van der Waals surface area contributed by atoms with E-state index in [1.54, 1.807) is 10.9 Å². The monoisotopic (exact) mass is 250 g/mol. The topological polar surface area (TPSA) is 64.2 Å². The molecule has 1 aliphatic rings. The number of hydrogen-bond acceptors (Lipinski definition) is 3. The summed E-state index contributed by atoms with van der Waals surface area (Å²) in [5.74, 6) is 0.0645. The highest BCUT2D eigenvalue weighted by Gasteiger charge is 2.35. The van der Waals surface area contributed by atoms with Crippen molar-refractivity contribution in [1.82, 2.24) is 14.7 Å². The molecular weight excluding hydrogens is 228 g/mol. The zero-order valence-corrected chi connectivity index (χ0v) is 11.4. The molecule has 1 aromatic rings. The molecule has 18 heavy (non-hydrogen) atoms. The van der Waals surface area contributed by atoms with Crippen molar-refractivity contribution in [2.45, 2.75) is 39.8 Å². The van der Waals surface area contributed by atoms with Crippen LogP contribution in [0.15, 0.2) is 12.4 Å². The molecule has 1 atom stereocenters. The quantitative estimate of drug-likeness (QED) is 0.855. The van der Waals surface area contributed by atoms with E-state index in [0.717, 1.165) is 19.5 Å². The molecule has 1 unspecified atom stereocenters. The van der Waals surface area contributed by atoms with E-state index < -0.39 is 0 Å². The SMILES string of the molecule is CCn1cc(C(=O)N2CCC(N)C(C)(C)C2)cn1. The van der Waals surface area contributed by atoms with Crippen LogP contribution in [0.4, 0.5) is 0 Å². The third kappa shape index (κ3) is 2.41. The van der Waals surface area contributed by atoms with Crippen molar-refractivity contribution in [3.8, 4) is 0 Å². The normalized spacial score (nSPS) is 23.1. The van der Waals surface area contributed by atoms with Gasteiger partial charge in [-0.2, -0.15) is 5.10 Å². The van der Waals surface area contributed by atoms with Crippen molar-refractivity contribution in [2.75, 3.05) is 13.1 Å². The summed E-state index contributed by atoms with van der Waals surface area (Å²) in [5.41, 5.74) is 6.74. The zero-order valence-electron chi connectivity index (χ0n) is 11.4. The van der Waals surface area contributed by atoms with Gasteiger partial charge in [0.05, 0.1) is 11.8 Å². The number of carbonyl (C=O) groups is 1. The Labute approximate surface area is 108 Å². The fraction of sp³-hybridized carbons (Fsp3) is 0.692. The average Bonchev–Trinajstić information content (AvgIpc) is 2.80. The van der Waals surface area contributed by atoms with Gasteiger partial charge in [-0.05, 0) is 18.8 Å². The molecule has 2 heterocycles. The van der Waals surface area contributed by atoms with Crippen LogP contribution in [0.5, 0.6) is 0 Å². The van der Waals surface area contributed by atoms with Crippen LogP contribution in [0.25, 0.3) is 0 Å². The highest BCUT2D eigenvalue weighted by Crippen LogP contribution is 2.28. The van der Waals surface area contributed by atoms with Crippen molar-refractivity contribution in [1.29, 1.82) is 0 Å². The summed E-state index contributed by atoms with van der Waals surface area (Å²) in [4.78, 5) is 14.2. The van der Waals surface area contributed by atoms with Gasteiger partial charge in [-0.1, -0.05) is 13.8 Å². The fourth-order valence-electron chi connectivity index (χ4n) is 2.38. The number of nitrogens with zero attached hydrogens (tertiary/aromatic N) is 3. The molecule has 1 aliphatic heterocycles. The Hall–Kier alpha value is -1.36. The molecule has 0 radical (unpaired) electrons. The maximum absolute atomic E-state index is 12.4. The lowest BCUT2D eigenvalue weighted by molar-refractivity contribution is 0.0533. The number of hydrogen-bond donors (Lipinski definition) is 1. The summed E-state index contributed by atoms with van der Waals surface area (Å²) in [6.45, 7) is 8.47. The largest absolute Gasteiger partial charge is 0.338 e. The maximum Gasteiger partial charge on any atom is 0.257 e. The molecule has 1 saturated heterocycles. The van der Waals surface area contributed by atoms with Crippen LogP contribution in [0.2, 0.25) is 0 Å². The summed E-state index contributed by atoms with van der Waals surface area (Å²) in [6, 6.07) is 0.167. The lowest BCUT2D eigenvalue weighted by Gasteiger charge is -2.42. The third-order valence-corrected chi connectivity index (χ3v) is 3.80. The predicted octanol–water partition coefficient (Wildman–Crippen LogP) is 1.10. The molecule has 1 amide bonds. The molecule has 100 valence electrons. The molecule has 5 heteroatoms. The van der Waals surface area contributed by atoms with Crippen LogP contribution in [0.3, 0.4) is 0 Å². The van der Waals surface area contributed by atoms with Gasteiger partial charge in [0, 0.05) is 31.9 Å². The smallest absolute Gasteiger partial charge is 0.257 e. The number of piperidine rings is 1. The van der Waals surface area contributed by atoms with Crippen LogP contribution < -0.4 is 5.73 Å². The van der Waals surface area contributed by atoms with E-state index in [4.69, 9.17) is 5.73 Å². The van der Waals surface area contributed by atoms with E-state index in [1.165, 1.54) is 0 Å². The van der Waals surface area contributed by atoms with E-state index in [-0.39, 0.29) is 17.4 Å². The van der Waals surface area contributed by atoms with Crippen LogP contribution in [-0.4, -0.2) is 39.7 Å². The number of amides is 1. The van der Waals surface area contributed by atoms with Gasteiger partial charge >= 0.3 is 0 Å². The van der Waals surface area contributed by atoms with Crippen molar-refractivity contribution in [3.05, 3.63) is 18.0 Å². The molecule has 0 saturated carbocycles. The predicted molar refractivity (Wildman–Crippen MR) is 70.2 cm³/mol. The molecular formula is C13H22N4O. The van der Waals surface area contributed by atoms with Gasteiger partial charge in [-0.25, -0.2) is 0 Å². The first-order valence-electron chi connectivity index (χ1n) is 6.51. The van der Waals surface area contributed by atoms with Crippen LogP contribution in [-0.2, 0) is 6.54 Å². The molecule has 0 bridgehead atoms. The van der Waals surface area contributed by atoms with E-state index in [9.17, 15) is 4.79 Å². The van der Waals surface area contributed by atoms with Crippen molar-refractivity contribution in [2.24, 2.45) is 11.1 Å². The van der Waals surface area contributed by atoms with Gasteiger partial charge < -0.3 is 10.6 Å². The van der Waals surface area contributed by atoms with Crippen LogP contribution >= 0.6 is 0 Å². The van der Waals surface area contributed by atoms with Crippen molar-refractivity contribution >= 4 is 5.91 Å². The minimum absolute atomic E-state index is 0.0192. The van der Waals surface area contributed by atoms with Crippen molar-refractivity contribution < 1.29 is 4.79 Å². The van der Waals surface area contributed by atoms with E-state index in [1.807, 2.05) is 18.0 Å². The highest BCUT2D eigenvalue weighted by molar-refractivity contribution is 5.93. The minimum Gasteiger partial charge on any atom is -0.338 e. The number of likely N-dealkylation sites (tertiary alicyclic amines) is 1. The molecule has 0 aromatic carbocycles. The Morgan fingerprint density at radius 1 is 1.61 bits per heavy atom. The van der Waals surface area contributed by atoms with E-state index >= 15 is 0 Å². The van der Waals surface area contributed by atoms with Gasteiger partial charge in [0.1, 0.15) is 0 Å². The van der Waals surface area contributed by atoms with Crippen LogP contribution in [0, 0.1) is 5.41 Å². The molecule has 2 N–H and O–H groups in total. The van der Waals surface area contributed by atoms with Gasteiger partial charge in [0.15, 0.2) is 0 Å². The first-order valence-corrected chi connectivity index (χ1v) is 6.51. The zero-order chi connectivity index (χ0) is 13.3. The lowest BCUT2D eigenvalue weighted by atomic mass is 9.79. The number of aromatic nitrogens is 2. The second kappa shape index (κ2) is 4.72. The first kappa shape index (κ1) is 13.1. The summed E-state index contributed by atoms with van der Waals surface area (Å²) in [7, 11) is 0. The highest BCUT2D eigenvalue weighted by atomic mass is 16.2. The Morgan fingerprint density at radius 3 is 2.89 bits per heavy atom. The molecule has 5 nitrogen and oxygen atoms in total. The van der Waals surface area contributed by atoms with E-state index in [2.05, 4.69) is 18.9 Å². The summed E-state index contributed by atoms with van der Waals surface area (Å²) >= 11 is 0. The summed E-state index contributed by atoms with van der Waals surface area (Å²) in [6.07, 6.45) is 4.32. The number of carbonyl (C=O) groups excluding carboxylic acids is 1. The molecule has 1 fully saturated rings. The number of rotatable bonds is 2. The summed E-state index contributed by atoms with van der Waals surface area (Å²) in [5, 5.41) is 4.15. The lowest BCUT2D eigenvalue weighted by Crippen LogP contribution is -2.53. The van der Waals surface area contributed by atoms with Gasteiger partial charge in [-0.3, -0.25) is 9.48 Å². The average molecular weight is 250 g/mol. The van der Waals surface area contributed by atoms with Crippen LogP contribution in [0.1, 0.15) is 37.6 Å².